The van der Waals surface area contributed by atoms with Crippen LogP contribution in [0.1, 0.15) is 34.1 Å². The number of hydrogen-bond acceptors (Lipinski definition) is 4. The molecule has 108 valence electrons. The minimum Gasteiger partial charge on any atom is -0.315 e. The van der Waals surface area contributed by atoms with Crippen LogP contribution in [0.5, 0.6) is 0 Å². The molecule has 0 spiro atoms. The lowest BCUT2D eigenvalue weighted by atomic mass is 9.92. The normalized spacial score (nSPS) is 25.2. The molecule has 1 saturated heterocycles. The van der Waals surface area contributed by atoms with E-state index in [9.17, 15) is 8.42 Å². The Kier molecular flexibility index (Phi) is 5.62. The van der Waals surface area contributed by atoms with Crippen molar-refractivity contribution in [1.29, 1.82) is 0 Å². The Labute approximate surface area is 112 Å². The van der Waals surface area contributed by atoms with Gasteiger partial charge in [-0.25, -0.2) is 8.42 Å². The highest BCUT2D eigenvalue weighted by atomic mass is 32.2. The first kappa shape index (κ1) is 15.9. The molecule has 0 aromatic carbocycles. The summed E-state index contributed by atoms with van der Waals surface area (Å²) >= 11 is 0. The first-order valence-corrected chi connectivity index (χ1v) is 8.67. The van der Waals surface area contributed by atoms with Gasteiger partial charge in [0.05, 0.1) is 11.5 Å². The summed E-state index contributed by atoms with van der Waals surface area (Å²) in [5, 5.41) is 3.44. The minimum absolute atomic E-state index is 0.160. The molecule has 0 saturated carbocycles. The third-order valence-electron chi connectivity index (χ3n) is 3.44. The smallest absolute Gasteiger partial charge is 0.153 e. The second-order valence-corrected chi connectivity index (χ2v) is 8.79. The van der Waals surface area contributed by atoms with Crippen LogP contribution in [-0.2, 0) is 9.84 Å². The fourth-order valence-electron chi connectivity index (χ4n) is 2.18. The van der Waals surface area contributed by atoms with Gasteiger partial charge in [-0.1, -0.05) is 20.8 Å². The van der Waals surface area contributed by atoms with Gasteiger partial charge in [-0.05, 0) is 25.3 Å². The lowest BCUT2D eigenvalue weighted by molar-refractivity contribution is 0.225. The van der Waals surface area contributed by atoms with Crippen LogP contribution in [-0.4, -0.2) is 57.0 Å². The summed E-state index contributed by atoms with van der Waals surface area (Å²) in [7, 11) is -2.78. The lowest BCUT2D eigenvalue weighted by Crippen LogP contribution is -2.49. The van der Waals surface area contributed by atoms with E-state index in [1.54, 1.807) is 0 Å². The van der Waals surface area contributed by atoms with Crippen molar-refractivity contribution in [2.45, 2.75) is 40.2 Å². The van der Waals surface area contributed by atoms with Gasteiger partial charge in [0.15, 0.2) is 9.84 Å². The van der Waals surface area contributed by atoms with Crippen molar-refractivity contribution >= 4 is 9.84 Å². The van der Waals surface area contributed by atoms with E-state index in [2.05, 4.69) is 31.0 Å². The zero-order valence-electron chi connectivity index (χ0n) is 12.2. The van der Waals surface area contributed by atoms with Crippen LogP contribution >= 0.6 is 0 Å². The number of hydrogen-bond donors (Lipinski definition) is 1. The van der Waals surface area contributed by atoms with E-state index in [0.29, 0.717) is 23.5 Å². The molecule has 1 unspecified atom stereocenters. The quantitative estimate of drug-likeness (QED) is 0.765. The van der Waals surface area contributed by atoms with Crippen LogP contribution in [0.2, 0.25) is 0 Å². The standard InChI is InChI=1S/C13H28N2O2S/c1-12-11-18(16,17)10-9-15(12)8-7-14-6-5-13(2,3)4/h12,14H,5-11H2,1-4H3. The first-order chi connectivity index (χ1) is 8.20. The molecule has 1 aliphatic rings. The highest BCUT2D eigenvalue weighted by molar-refractivity contribution is 7.91. The van der Waals surface area contributed by atoms with Gasteiger partial charge in [0.2, 0.25) is 0 Å². The summed E-state index contributed by atoms with van der Waals surface area (Å²) in [5.74, 6) is 0.633. The van der Waals surface area contributed by atoms with Crippen molar-refractivity contribution in [2.75, 3.05) is 37.7 Å². The van der Waals surface area contributed by atoms with Crippen molar-refractivity contribution in [3.05, 3.63) is 0 Å². The van der Waals surface area contributed by atoms with Crippen LogP contribution in [0.4, 0.5) is 0 Å². The highest BCUT2D eigenvalue weighted by Crippen LogP contribution is 2.16. The van der Waals surface area contributed by atoms with Gasteiger partial charge in [0, 0.05) is 25.7 Å². The topological polar surface area (TPSA) is 49.4 Å². The average Bonchev–Trinajstić information content (AvgIpc) is 2.18. The first-order valence-electron chi connectivity index (χ1n) is 6.85. The molecule has 1 atom stereocenters. The molecule has 0 aromatic heterocycles. The zero-order valence-corrected chi connectivity index (χ0v) is 13.0. The molecule has 1 rings (SSSR count). The largest absolute Gasteiger partial charge is 0.315 e. The minimum atomic E-state index is -2.78. The second-order valence-electron chi connectivity index (χ2n) is 6.56. The van der Waals surface area contributed by atoms with Gasteiger partial charge in [-0.2, -0.15) is 0 Å². The monoisotopic (exact) mass is 276 g/mol. The predicted octanol–water partition coefficient (Wildman–Crippen LogP) is 1.13. The van der Waals surface area contributed by atoms with E-state index in [1.165, 1.54) is 0 Å². The van der Waals surface area contributed by atoms with E-state index in [4.69, 9.17) is 0 Å². The average molecular weight is 276 g/mol. The van der Waals surface area contributed by atoms with Crippen molar-refractivity contribution < 1.29 is 8.42 Å². The molecular formula is C13H28N2O2S. The van der Waals surface area contributed by atoms with E-state index in [-0.39, 0.29) is 6.04 Å². The van der Waals surface area contributed by atoms with E-state index >= 15 is 0 Å². The van der Waals surface area contributed by atoms with Crippen LogP contribution in [0, 0.1) is 5.41 Å². The van der Waals surface area contributed by atoms with Crippen molar-refractivity contribution in [2.24, 2.45) is 5.41 Å². The fraction of sp³-hybridized carbons (Fsp3) is 1.00. The zero-order chi connectivity index (χ0) is 13.8. The van der Waals surface area contributed by atoms with Crippen LogP contribution in [0.3, 0.4) is 0 Å². The Morgan fingerprint density at radius 2 is 1.94 bits per heavy atom. The third kappa shape index (κ3) is 6.16. The molecule has 4 nitrogen and oxygen atoms in total. The maximum Gasteiger partial charge on any atom is 0.153 e. The molecule has 18 heavy (non-hydrogen) atoms. The van der Waals surface area contributed by atoms with Crippen LogP contribution < -0.4 is 5.32 Å². The number of sulfone groups is 1. The SMILES string of the molecule is CC1CS(=O)(=O)CCN1CCNCCC(C)(C)C. The van der Waals surface area contributed by atoms with Gasteiger partial charge in [0.1, 0.15) is 0 Å². The van der Waals surface area contributed by atoms with Crippen LogP contribution in [0.15, 0.2) is 0 Å². The highest BCUT2D eigenvalue weighted by Gasteiger charge is 2.27. The third-order valence-corrected chi connectivity index (χ3v) is 5.23. The predicted molar refractivity (Wildman–Crippen MR) is 76.6 cm³/mol. The molecule has 0 aliphatic carbocycles. The summed E-state index contributed by atoms with van der Waals surface area (Å²) in [6.45, 7) is 12.3. The van der Waals surface area contributed by atoms with Gasteiger partial charge in [-0.3, -0.25) is 4.90 Å². The number of nitrogens with one attached hydrogen (secondary N) is 1. The van der Waals surface area contributed by atoms with Gasteiger partial charge < -0.3 is 5.32 Å². The molecule has 0 amide bonds. The summed E-state index contributed by atoms with van der Waals surface area (Å²) in [5.41, 5.74) is 0.374. The molecule has 0 aromatic rings. The van der Waals surface area contributed by atoms with Crippen LogP contribution in [0.25, 0.3) is 0 Å². The molecule has 1 N–H and O–H groups in total. The summed E-state index contributed by atoms with van der Waals surface area (Å²) < 4.78 is 22.9. The molecular weight excluding hydrogens is 248 g/mol. The molecule has 1 aliphatic heterocycles. The Hall–Kier alpha value is -0.130. The Balaban J connectivity index is 2.17. The molecule has 0 radical (unpaired) electrons. The molecule has 1 fully saturated rings. The maximum atomic E-state index is 11.5. The summed E-state index contributed by atoms with van der Waals surface area (Å²) in [6.07, 6.45) is 1.16. The molecule has 1 heterocycles. The lowest BCUT2D eigenvalue weighted by Gasteiger charge is -2.33. The van der Waals surface area contributed by atoms with Gasteiger partial charge in [-0.15, -0.1) is 0 Å². The number of nitrogens with zero attached hydrogens (tertiary/aromatic N) is 1. The van der Waals surface area contributed by atoms with Gasteiger partial charge in [0.25, 0.3) is 0 Å². The molecule has 0 bridgehead atoms. The Morgan fingerprint density at radius 1 is 1.28 bits per heavy atom. The Morgan fingerprint density at radius 3 is 2.50 bits per heavy atom. The van der Waals surface area contributed by atoms with Crippen molar-refractivity contribution in [3.63, 3.8) is 0 Å². The van der Waals surface area contributed by atoms with E-state index in [1.807, 2.05) is 6.92 Å². The van der Waals surface area contributed by atoms with Gasteiger partial charge >= 0.3 is 0 Å². The number of rotatable bonds is 5. The van der Waals surface area contributed by atoms with E-state index in [0.717, 1.165) is 26.1 Å². The molecule has 5 heteroatoms. The van der Waals surface area contributed by atoms with E-state index < -0.39 is 9.84 Å². The second kappa shape index (κ2) is 6.35. The van der Waals surface area contributed by atoms with Crippen molar-refractivity contribution in [3.8, 4) is 0 Å². The Bertz CT molecular complexity index is 346. The summed E-state index contributed by atoms with van der Waals surface area (Å²) in [4.78, 5) is 2.27. The maximum absolute atomic E-state index is 11.5. The fourth-order valence-corrected chi connectivity index (χ4v) is 3.80. The van der Waals surface area contributed by atoms with Crippen molar-refractivity contribution in [1.82, 2.24) is 10.2 Å². The summed E-state index contributed by atoms with van der Waals surface area (Å²) in [6, 6.07) is 0.160.